The van der Waals surface area contributed by atoms with E-state index in [0.29, 0.717) is 22.2 Å². The van der Waals surface area contributed by atoms with Gasteiger partial charge >= 0.3 is 13.1 Å². The predicted octanol–water partition coefficient (Wildman–Crippen LogP) is 3.64. The molecule has 8 nitrogen and oxygen atoms in total. The van der Waals surface area contributed by atoms with Crippen LogP contribution < -0.4 is 10.6 Å². The zero-order valence-electron chi connectivity index (χ0n) is 18.9. The number of anilines is 1. The largest absolute Gasteiger partial charge is 0.551 e. The number of carbonyl (C=O) groups excluding carboxylic acids is 3. The number of carbonyl (C=O) groups is 3. The molecule has 2 atom stereocenters. The molecular formula is C21H29BCl2N2O6. The molecule has 1 aromatic carbocycles. The summed E-state index contributed by atoms with van der Waals surface area (Å²) in [5.41, 5.74) is -0.212. The molecule has 0 radical (unpaired) electrons. The first-order chi connectivity index (χ1) is 14.8. The van der Waals surface area contributed by atoms with Gasteiger partial charge in [-0.05, 0) is 51.3 Å². The molecule has 0 spiro atoms. The van der Waals surface area contributed by atoms with Gasteiger partial charge in [-0.2, -0.15) is 0 Å². The van der Waals surface area contributed by atoms with E-state index in [1.807, 2.05) is 13.8 Å². The van der Waals surface area contributed by atoms with Crippen molar-refractivity contribution in [1.82, 2.24) is 5.32 Å². The van der Waals surface area contributed by atoms with Gasteiger partial charge in [-0.1, -0.05) is 37.0 Å². The van der Waals surface area contributed by atoms with Crippen molar-refractivity contribution in [2.75, 3.05) is 11.9 Å². The van der Waals surface area contributed by atoms with E-state index < -0.39 is 36.7 Å². The smallest absolute Gasteiger partial charge is 0.508 e. The fraction of sp³-hybridized carbons (Fsp3) is 0.571. The van der Waals surface area contributed by atoms with Crippen molar-refractivity contribution in [3.63, 3.8) is 0 Å². The number of nitrogens with one attached hydrogen (secondary N) is 2. The van der Waals surface area contributed by atoms with Gasteiger partial charge in [0.15, 0.2) is 6.10 Å². The topological polar surface area (TPSA) is 103 Å². The summed E-state index contributed by atoms with van der Waals surface area (Å²) in [5, 5.41) is 6.64. The fourth-order valence-corrected chi connectivity index (χ4v) is 3.42. The molecule has 176 valence electrons. The van der Waals surface area contributed by atoms with Crippen molar-refractivity contribution >= 4 is 53.9 Å². The molecule has 0 bridgehead atoms. The van der Waals surface area contributed by atoms with Gasteiger partial charge < -0.3 is 24.7 Å². The molecule has 2 N–H and O–H groups in total. The number of ether oxygens (including phenoxy) is 1. The van der Waals surface area contributed by atoms with Crippen LogP contribution in [0.1, 0.15) is 47.5 Å². The quantitative estimate of drug-likeness (QED) is 0.427. The lowest BCUT2D eigenvalue weighted by molar-refractivity contribution is -0.171. The van der Waals surface area contributed by atoms with E-state index >= 15 is 0 Å². The monoisotopic (exact) mass is 486 g/mol. The van der Waals surface area contributed by atoms with Crippen molar-refractivity contribution in [3.05, 3.63) is 28.2 Å². The molecule has 1 aromatic rings. The summed E-state index contributed by atoms with van der Waals surface area (Å²) in [5.74, 6) is -2.12. The van der Waals surface area contributed by atoms with E-state index in [1.165, 1.54) is 0 Å². The summed E-state index contributed by atoms with van der Waals surface area (Å²) >= 11 is 12.1. The first-order valence-electron chi connectivity index (χ1n) is 10.4. The second-order valence-corrected chi connectivity index (χ2v) is 9.85. The summed E-state index contributed by atoms with van der Waals surface area (Å²) in [6.45, 7) is 9.00. The van der Waals surface area contributed by atoms with Crippen LogP contribution in [0.3, 0.4) is 0 Å². The van der Waals surface area contributed by atoms with E-state index in [2.05, 4.69) is 10.6 Å². The van der Waals surface area contributed by atoms with Crippen LogP contribution in [-0.2, 0) is 28.4 Å². The minimum Gasteiger partial charge on any atom is -0.508 e. The molecule has 0 aromatic heterocycles. The first-order valence-corrected chi connectivity index (χ1v) is 11.2. The molecule has 1 saturated heterocycles. The van der Waals surface area contributed by atoms with Crippen LogP contribution in [-0.4, -0.2) is 49.2 Å². The molecule has 1 unspecified atom stereocenters. The summed E-state index contributed by atoms with van der Waals surface area (Å²) < 4.78 is 16.4. The first kappa shape index (κ1) is 26.3. The number of amides is 1. The second-order valence-electron chi connectivity index (χ2n) is 9.00. The Morgan fingerprint density at radius 1 is 1.28 bits per heavy atom. The van der Waals surface area contributed by atoms with Crippen molar-refractivity contribution in [3.8, 4) is 0 Å². The lowest BCUT2D eigenvalue weighted by Crippen LogP contribution is -2.57. The zero-order valence-corrected chi connectivity index (χ0v) is 20.4. The number of esters is 1. The van der Waals surface area contributed by atoms with Crippen LogP contribution in [0.4, 0.5) is 5.69 Å². The van der Waals surface area contributed by atoms with Gasteiger partial charge in [0.25, 0.3) is 5.97 Å². The Balaban J connectivity index is 2.05. The summed E-state index contributed by atoms with van der Waals surface area (Å²) in [7, 11) is -1.12. The van der Waals surface area contributed by atoms with Gasteiger partial charge in [0.2, 0.25) is 5.91 Å². The summed E-state index contributed by atoms with van der Waals surface area (Å²) in [6.07, 6.45) is -0.888. The number of rotatable bonds is 8. The Kier molecular flexibility index (Phi) is 9.24. The third-order valence-electron chi connectivity index (χ3n) is 4.34. The Bertz CT molecular complexity index is 846. The third-order valence-corrected chi connectivity index (χ3v) is 4.90. The van der Waals surface area contributed by atoms with E-state index in [-0.39, 0.29) is 24.8 Å². The van der Waals surface area contributed by atoms with Crippen LogP contribution in [0.5, 0.6) is 0 Å². The third kappa shape index (κ3) is 8.52. The van der Waals surface area contributed by atoms with Gasteiger partial charge in [-0.25, -0.2) is 4.79 Å². The Morgan fingerprint density at radius 3 is 2.59 bits per heavy atom. The Morgan fingerprint density at radius 2 is 1.97 bits per heavy atom. The highest BCUT2D eigenvalue weighted by Crippen LogP contribution is 2.25. The normalized spacial score (nSPS) is 17.6. The highest BCUT2D eigenvalue weighted by atomic mass is 35.5. The van der Waals surface area contributed by atoms with E-state index in [0.717, 1.165) is 0 Å². The molecule has 1 heterocycles. The summed E-state index contributed by atoms with van der Waals surface area (Å²) in [6, 6.07) is 4.88. The average Bonchev–Trinajstić information content (AvgIpc) is 2.66. The van der Waals surface area contributed by atoms with E-state index in [9.17, 15) is 14.4 Å². The summed E-state index contributed by atoms with van der Waals surface area (Å²) in [4.78, 5) is 37.2. The fourth-order valence-electron chi connectivity index (χ4n) is 3.06. The minimum absolute atomic E-state index is 0.0924. The van der Waals surface area contributed by atoms with Gasteiger partial charge in [-0.15, -0.1) is 0 Å². The number of halogens is 2. The lowest BCUT2D eigenvalue weighted by Gasteiger charge is -2.32. The van der Waals surface area contributed by atoms with E-state index in [4.69, 9.17) is 37.2 Å². The standard InChI is InChI=1S/C21H29BCl2N2O6/c1-12(2)8-17(26-18(27)11-25-15-9-13(23)6-7-14(15)24)22-31-16(10-19(28)32-22)20(29)30-21(3,4)5/h6-7,9,12,16-17,25H,8,10-11H2,1-5H3,(H,26,27)/t16?,17-/m0/s1. The van der Waals surface area contributed by atoms with E-state index in [1.54, 1.807) is 39.0 Å². The lowest BCUT2D eigenvalue weighted by atomic mass is 9.72. The SMILES string of the molecule is CC(C)C[C@H](NC(=O)CNc1cc(Cl)ccc1Cl)B1OC(=O)CC(C(=O)OC(C)(C)C)O1. The van der Waals surface area contributed by atoms with Gasteiger partial charge in [-0.3, -0.25) is 9.59 Å². The molecule has 0 aliphatic carbocycles. The van der Waals surface area contributed by atoms with Crippen LogP contribution in [0.2, 0.25) is 10.0 Å². The maximum absolute atomic E-state index is 12.6. The maximum atomic E-state index is 12.6. The molecular weight excluding hydrogens is 458 g/mol. The van der Waals surface area contributed by atoms with Gasteiger partial charge in [0.1, 0.15) is 5.60 Å². The van der Waals surface area contributed by atoms with Crippen molar-refractivity contribution in [2.45, 2.75) is 65.1 Å². The average molecular weight is 487 g/mol. The number of benzene rings is 1. The molecule has 32 heavy (non-hydrogen) atoms. The van der Waals surface area contributed by atoms with Gasteiger partial charge in [0.05, 0.1) is 29.6 Å². The molecule has 11 heteroatoms. The van der Waals surface area contributed by atoms with Crippen LogP contribution >= 0.6 is 23.2 Å². The van der Waals surface area contributed by atoms with Crippen LogP contribution in [0, 0.1) is 5.92 Å². The van der Waals surface area contributed by atoms with Crippen LogP contribution in [0.25, 0.3) is 0 Å². The maximum Gasteiger partial charge on any atom is 0.551 e. The van der Waals surface area contributed by atoms with Crippen molar-refractivity contribution in [2.24, 2.45) is 5.92 Å². The van der Waals surface area contributed by atoms with Crippen LogP contribution in [0.15, 0.2) is 18.2 Å². The second kappa shape index (κ2) is 11.3. The van der Waals surface area contributed by atoms with Gasteiger partial charge in [0, 0.05) is 5.02 Å². The highest BCUT2D eigenvalue weighted by molar-refractivity contribution is 6.50. The van der Waals surface area contributed by atoms with Crippen molar-refractivity contribution in [1.29, 1.82) is 0 Å². The van der Waals surface area contributed by atoms with Crippen molar-refractivity contribution < 1.29 is 28.4 Å². The molecule has 0 saturated carbocycles. The molecule has 1 aliphatic rings. The zero-order chi connectivity index (χ0) is 24.1. The number of hydrogen-bond acceptors (Lipinski definition) is 7. The molecule has 1 aliphatic heterocycles. The highest BCUT2D eigenvalue weighted by Gasteiger charge is 2.45. The predicted molar refractivity (Wildman–Crippen MR) is 124 cm³/mol. The molecule has 2 rings (SSSR count). The minimum atomic E-state index is -1.12. The Hall–Kier alpha value is -1.97. The Labute approximate surface area is 198 Å². The number of hydrogen-bond donors (Lipinski definition) is 2. The molecule has 1 fully saturated rings. The molecule has 1 amide bonds.